The third-order valence-corrected chi connectivity index (χ3v) is 5.40. The van der Waals surface area contributed by atoms with E-state index in [0.29, 0.717) is 33.8 Å². The Kier molecular flexibility index (Phi) is 6.32. The molecule has 4 rings (SSSR count). The van der Waals surface area contributed by atoms with Crippen molar-refractivity contribution < 1.29 is 4.74 Å². The third-order valence-electron chi connectivity index (χ3n) is 4.39. The average molecular weight is 458 g/mol. The van der Waals surface area contributed by atoms with E-state index in [1.807, 2.05) is 42.5 Å². The first kappa shape index (κ1) is 20.4. The number of nitrogens with zero attached hydrogens (tertiary/aromatic N) is 3. The second kappa shape index (κ2) is 9.30. The Morgan fingerprint density at radius 3 is 2.63 bits per heavy atom. The number of nitrogens with one attached hydrogen (secondary N) is 2. The molecular weight excluding hydrogens is 441 g/mol. The maximum absolute atomic E-state index is 6.09. The zero-order chi connectivity index (χ0) is 20.9. The summed E-state index contributed by atoms with van der Waals surface area (Å²) in [6, 6.07) is 17.0. The molecule has 0 aliphatic rings. The molecule has 0 aliphatic carbocycles. The predicted molar refractivity (Wildman–Crippen MR) is 121 cm³/mol. The number of H-pyrrole nitrogens is 1. The van der Waals surface area contributed by atoms with Gasteiger partial charge in [-0.1, -0.05) is 47.5 Å². The molecule has 0 unspecified atom stereocenters. The molecule has 2 aromatic heterocycles. The topological polar surface area (TPSA) is 67.8 Å². The Labute approximate surface area is 188 Å². The molecule has 0 bridgehead atoms. The van der Waals surface area contributed by atoms with Crippen molar-refractivity contribution in [3.05, 3.63) is 92.9 Å². The number of halogens is 2. The molecule has 0 aliphatic heterocycles. The standard InChI is InChI=1S/C21H17Cl2N5OS/c22-17-6-5-14(11-18(17)23)13-29-19-4-2-1-3-16(19)12-25-28-20(26-27-21(28)30)15-7-9-24-10-8-15/h1-11,25H,12-13H2,(H,27,30). The summed E-state index contributed by atoms with van der Waals surface area (Å²) in [5.41, 5.74) is 6.12. The Bertz CT molecular complexity index is 1210. The molecule has 2 N–H and O–H groups in total. The minimum atomic E-state index is 0.376. The Morgan fingerprint density at radius 1 is 1.03 bits per heavy atom. The number of benzene rings is 2. The highest BCUT2D eigenvalue weighted by molar-refractivity contribution is 7.71. The quantitative estimate of drug-likeness (QED) is 0.351. The summed E-state index contributed by atoms with van der Waals surface area (Å²) < 4.78 is 8.23. The lowest BCUT2D eigenvalue weighted by atomic mass is 10.2. The van der Waals surface area contributed by atoms with Gasteiger partial charge in [0, 0.05) is 23.5 Å². The van der Waals surface area contributed by atoms with E-state index in [2.05, 4.69) is 20.6 Å². The fourth-order valence-corrected chi connectivity index (χ4v) is 3.40. The minimum absolute atomic E-state index is 0.376. The summed E-state index contributed by atoms with van der Waals surface area (Å²) in [6.07, 6.45) is 3.42. The highest BCUT2D eigenvalue weighted by atomic mass is 35.5. The lowest BCUT2D eigenvalue weighted by Crippen LogP contribution is -2.16. The van der Waals surface area contributed by atoms with Gasteiger partial charge < -0.3 is 10.2 Å². The fourth-order valence-electron chi connectivity index (χ4n) is 2.88. The number of aromatic amines is 1. The molecule has 0 saturated heterocycles. The number of pyridine rings is 1. The van der Waals surface area contributed by atoms with E-state index in [9.17, 15) is 0 Å². The van der Waals surface area contributed by atoms with Crippen molar-refractivity contribution in [2.45, 2.75) is 13.2 Å². The van der Waals surface area contributed by atoms with Gasteiger partial charge in [0.05, 0.1) is 16.6 Å². The van der Waals surface area contributed by atoms with E-state index < -0.39 is 0 Å². The first-order valence-electron chi connectivity index (χ1n) is 9.08. The van der Waals surface area contributed by atoms with Gasteiger partial charge in [-0.15, -0.1) is 0 Å². The molecule has 0 saturated carbocycles. The molecule has 4 aromatic rings. The Balaban J connectivity index is 1.50. The van der Waals surface area contributed by atoms with Gasteiger partial charge in [-0.2, -0.15) is 5.10 Å². The van der Waals surface area contributed by atoms with Crippen molar-refractivity contribution in [3.8, 4) is 17.1 Å². The monoisotopic (exact) mass is 457 g/mol. The van der Waals surface area contributed by atoms with Gasteiger partial charge in [-0.05, 0) is 48.1 Å². The van der Waals surface area contributed by atoms with Crippen molar-refractivity contribution in [1.29, 1.82) is 0 Å². The average Bonchev–Trinajstić information content (AvgIpc) is 3.14. The van der Waals surface area contributed by atoms with E-state index in [0.717, 1.165) is 22.4 Å². The van der Waals surface area contributed by atoms with Crippen LogP contribution < -0.4 is 10.2 Å². The number of para-hydroxylation sites is 1. The number of rotatable bonds is 7. The highest BCUT2D eigenvalue weighted by Crippen LogP contribution is 2.25. The smallest absolute Gasteiger partial charge is 0.214 e. The molecular formula is C21H17Cl2N5OS. The second-order valence-electron chi connectivity index (χ2n) is 6.40. The van der Waals surface area contributed by atoms with Gasteiger partial charge >= 0.3 is 0 Å². The number of aromatic nitrogens is 4. The van der Waals surface area contributed by atoms with Crippen LogP contribution in [0.25, 0.3) is 11.4 Å². The molecule has 0 atom stereocenters. The van der Waals surface area contributed by atoms with Crippen molar-refractivity contribution >= 4 is 35.4 Å². The van der Waals surface area contributed by atoms with Gasteiger partial charge in [-0.25, -0.2) is 9.77 Å². The van der Waals surface area contributed by atoms with Crippen LogP contribution in [0.5, 0.6) is 5.75 Å². The van der Waals surface area contributed by atoms with Crippen molar-refractivity contribution in [2.24, 2.45) is 0 Å². The molecule has 0 fully saturated rings. The number of ether oxygens (including phenoxy) is 1. The van der Waals surface area contributed by atoms with Crippen molar-refractivity contribution in [2.75, 3.05) is 5.43 Å². The van der Waals surface area contributed by atoms with Gasteiger partial charge in [0.1, 0.15) is 12.4 Å². The van der Waals surface area contributed by atoms with Crippen LogP contribution in [0.15, 0.2) is 67.0 Å². The number of hydrogen-bond donors (Lipinski definition) is 2. The normalized spacial score (nSPS) is 10.7. The summed E-state index contributed by atoms with van der Waals surface area (Å²) in [4.78, 5) is 4.04. The van der Waals surface area contributed by atoms with Crippen LogP contribution in [0.3, 0.4) is 0 Å². The third kappa shape index (κ3) is 4.64. The summed E-state index contributed by atoms with van der Waals surface area (Å²) in [6.45, 7) is 0.866. The molecule has 9 heteroatoms. The van der Waals surface area contributed by atoms with Gasteiger partial charge in [0.15, 0.2) is 5.82 Å². The largest absolute Gasteiger partial charge is 0.489 e. The van der Waals surface area contributed by atoms with Gasteiger partial charge in [-0.3, -0.25) is 4.98 Å². The predicted octanol–water partition coefficient (Wildman–Crippen LogP) is 5.63. The molecule has 2 aromatic carbocycles. The first-order valence-corrected chi connectivity index (χ1v) is 10.2. The van der Waals surface area contributed by atoms with Crippen LogP contribution in [-0.2, 0) is 13.2 Å². The van der Waals surface area contributed by atoms with Crippen LogP contribution in [0, 0.1) is 4.77 Å². The molecule has 6 nitrogen and oxygen atoms in total. The summed E-state index contributed by atoms with van der Waals surface area (Å²) >= 11 is 17.4. The van der Waals surface area contributed by atoms with E-state index in [1.54, 1.807) is 29.2 Å². The van der Waals surface area contributed by atoms with E-state index in [1.165, 1.54) is 0 Å². The van der Waals surface area contributed by atoms with Crippen LogP contribution >= 0.6 is 35.4 Å². The number of hydrogen-bond acceptors (Lipinski definition) is 5. The SMILES string of the molecule is S=c1[nH]nc(-c2ccncc2)n1NCc1ccccc1OCc1ccc(Cl)c(Cl)c1. The summed E-state index contributed by atoms with van der Waals surface area (Å²) in [5.74, 6) is 1.44. The van der Waals surface area contributed by atoms with Crippen LogP contribution in [0.1, 0.15) is 11.1 Å². The fraction of sp³-hybridized carbons (Fsp3) is 0.0952. The molecule has 0 spiro atoms. The Hall–Kier alpha value is -2.87. The lowest BCUT2D eigenvalue weighted by molar-refractivity contribution is 0.303. The maximum atomic E-state index is 6.09. The Morgan fingerprint density at radius 2 is 1.83 bits per heavy atom. The van der Waals surface area contributed by atoms with Crippen molar-refractivity contribution in [1.82, 2.24) is 19.9 Å². The van der Waals surface area contributed by atoms with Crippen LogP contribution in [0.2, 0.25) is 10.0 Å². The second-order valence-corrected chi connectivity index (χ2v) is 7.60. The molecule has 30 heavy (non-hydrogen) atoms. The van der Waals surface area contributed by atoms with Gasteiger partial charge in [0.25, 0.3) is 0 Å². The molecule has 0 amide bonds. The van der Waals surface area contributed by atoms with Crippen LogP contribution in [-0.4, -0.2) is 19.9 Å². The molecule has 0 radical (unpaired) electrons. The minimum Gasteiger partial charge on any atom is -0.489 e. The highest BCUT2D eigenvalue weighted by Gasteiger charge is 2.10. The summed E-state index contributed by atoms with van der Waals surface area (Å²) in [5, 5.41) is 8.16. The molecule has 2 heterocycles. The van der Waals surface area contributed by atoms with Crippen LogP contribution in [0.4, 0.5) is 0 Å². The maximum Gasteiger partial charge on any atom is 0.214 e. The molecule has 152 valence electrons. The zero-order valence-corrected chi connectivity index (χ0v) is 18.0. The van der Waals surface area contributed by atoms with E-state index in [4.69, 9.17) is 40.2 Å². The van der Waals surface area contributed by atoms with E-state index >= 15 is 0 Å². The van der Waals surface area contributed by atoms with E-state index in [-0.39, 0.29) is 0 Å². The zero-order valence-electron chi connectivity index (χ0n) is 15.7. The summed E-state index contributed by atoms with van der Waals surface area (Å²) in [7, 11) is 0. The van der Waals surface area contributed by atoms with Crippen molar-refractivity contribution in [3.63, 3.8) is 0 Å². The van der Waals surface area contributed by atoms with Gasteiger partial charge in [0.2, 0.25) is 4.77 Å². The lowest BCUT2D eigenvalue weighted by Gasteiger charge is -2.14. The first-order chi connectivity index (χ1) is 14.6.